The minimum atomic E-state index is 0.0793. The predicted octanol–water partition coefficient (Wildman–Crippen LogP) is 1.83. The Morgan fingerprint density at radius 3 is 2.52 bits per heavy atom. The Bertz CT molecular complexity index is 564. The average Bonchev–Trinajstić information content (AvgIpc) is 2.61. The fraction of sp³-hybridized carbons (Fsp3) is 0.650. The van der Waals surface area contributed by atoms with E-state index in [4.69, 9.17) is 4.74 Å². The third-order valence-electron chi connectivity index (χ3n) is 5.39. The van der Waals surface area contributed by atoms with Crippen LogP contribution in [0.3, 0.4) is 0 Å². The lowest BCUT2D eigenvalue weighted by atomic mass is 10.0. The molecule has 25 heavy (non-hydrogen) atoms. The Morgan fingerprint density at radius 1 is 1.12 bits per heavy atom. The van der Waals surface area contributed by atoms with Crippen LogP contribution < -0.4 is 5.32 Å². The summed E-state index contributed by atoms with van der Waals surface area (Å²) < 4.78 is 5.41. The number of carbonyl (C=O) groups is 1. The molecule has 1 unspecified atom stereocenters. The molecule has 1 N–H and O–H groups in total. The summed E-state index contributed by atoms with van der Waals surface area (Å²) in [5.41, 5.74) is 2.95. The number of benzene rings is 1. The largest absolute Gasteiger partial charge is 0.379 e. The van der Waals surface area contributed by atoms with Crippen molar-refractivity contribution in [1.29, 1.82) is 0 Å². The second-order valence-corrected chi connectivity index (χ2v) is 7.33. The summed E-state index contributed by atoms with van der Waals surface area (Å²) in [5, 5.41) is 3.27. The van der Waals surface area contributed by atoms with Gasteiger partial charge in [-0.15, -0.1) is 0 Å². The highest BCUT2D eigenvalue weighted by Gasteiger charge is 2.23. The van der Waals surface area contributed by atoms with Gasteiger partial charge in [0.05, 0.1) is 13.2 Å². The van der Waals surface area contributed by atoms with E-state index in [2.05, 4.69) is 15.1 Å². The predicted molar refractivity (Wildman–Crippen MR) is 100 cm³/mol. The third-order valence-corrected chi connectivity index (χ3v) is 5.39. The molecule has 2 aliphatic rings. The Labute approximate surface area is 151 Å². The molecule has 0 bridgehead atoms. The minimum Gasteiger partial charge on any atom is -0.379 e. The van der Waals surface area contributed by atoms with Crippen LogP contribution in [0.2, 0.25) is 0 Å². The number of likely N-dealkylation sites (tertiary alicyclic amines) is 1. The zero-order valence-electron chi connectivity index (χ0n) is 15.6. The molecule has 1 aromatic carbocycles. The molecule has 2 aliphatic heterocycles. The van der Waals surface area contributed by atoms with Gasteiger partial charge in [-0.05, 0) is 44.4 Å². The van der Waals surface area contributed by atoms with Crippen LogP contribution in [0.1, 0.15) is 34.3 Å². The number of hydrogen-bond donors (Lipinski definition) is 1. The number of hydrogen-bond acceptors (Lipinski definition) is 4. The number of nitrogens with zero attached hydrogens (tertiary/aromatic N) is 2. The van der Waals surface area contributed by atoms with E-state index in [9.17, 15) is 4.79 Å². The van der Waals surface area contributed by atoms with E-state index < -0.39 is 0 Å². The van der Waals surface area contributed by atoms with Gasteiger partial charge in [0.1, 0.15) is 0 Å². The third kappa shape index (κ3) is 5.03. The molecule has 1 aromatic rings. The van der Waals surface area contributed by atoms with Crippen LogP contribution in [-0.4, -0.2) is 74.2 Å². The van der Waals surface area contributed by atoms with Crippen molar-refractivity contribution in [2.75, 3.05) is 52.5 Å². The molecule has 138 valence electrons. The van der Waals surface area contributed by atoms with Gasteiger partial charge < -0.3 is 15.0 Å². The lowest BCUT2D eigenvalue weighted by Gasteiger charge is -2.35. The number of carbonyl (C=O) groups excluding carboxylic acids is 1. The molecular weight excluding hydrogens is 314 g/mol. The second-order valence-electron chi connectivity index (χ2n) is 7.33. The summed E-state index contributed by atoms with van der Waals surface area (Å²) in [4.78, 5) is 17.7. The van der Waals surface area contributed by atoms with E-state index in [0.29, 0.717) is 0 Å². The molecule has 0 aliphatic carbocycles. The van der Waals surface area contributed by atoms with Gasteiger partial charge in [-0.25, -0.2) is 0 Å². The van der Waals surface area contributed by atoms with Gasteiger partial charge in [-0.1, -0.05) is 18.2 Å². The molecule has 5 nitrogen and oxygen atoms in total. The molecule has 2 saturated heterocycles. The first-order valence-corrected chi connectivity index (χ1v) is 9.53. The van der Waals surface area contributed by atoms with Crippen LogP contribution in [-0.2, 0) is 4.74 Å². The first-order valence-electron chi connectivity index (χ1n) is 9.53. The smallest absolute Gasteiger partial charge is 0.252 e. The summed E-state index contributed by atoms with van der Waals surface area (Å²) in [5.74, 6) is 0.0793. The molecule has 5 heteroatoms. The highest BCUT2D eigenvalue weighted by molar-refractivity contribution is 5.97. The maximum atomic E-state index is 12.7. The lowest BCUT2D eigenvalue weighted by molar-refractivity contribution is 0.0315. The Balaban J connectivity index is 1.50. The zero-order chi connectivity index (χ0) is 17.6. The second kappa shape index (κ2) is 8.79. The maximum absolute atomic E-state index is 12.7. The van der Waals surface area contributed by atoms with Crippen molar-refractivity contribution in [3.8, 4) is 0 Å². The first kappa shape index (κ1) is 18.4. The van der Waals surface area contributed by atoms with Crippen LogP contribution in [0, 0.1) is 13.8 Å². The van der Waals surface area contributed by atoms with E-state index >= 15 is 0 Å². The summed E-state index contributed by atoms with van der Waals surface area (Å²) in [6.07, 6.45) is 2.23. The normalized spacial score (nSPS) is 22.7. The number of amides is 1. The SMILES string of the molecule is Cc1cccc(C)c1C(=O)NC1CCCN(CCN2CCOCC2)C1. The average molecular weight is 345 g/mol. The van der Waals surface area contributed by atoms with E-state index in [1.165, 1.54) is 0 Å². The van der Waals surface area contributed by atoms with Gasteiger partial charge in [0, 0.05) is 44.3 Å². The molecule has 0 spiro atoms. The number of aryl methyl sites for hydroxylation is 2. The van der Waals surface area contributed by atoms with Crippen LogP contribution in [0.5, 0.6) is 0 Å². The van der Waals surface area contributed by atoms with Crippen molar-refractivity contribution in [2.45, 2.75) is 32.7 Å². The summed E-state index contributed by atoms with van der Waals surface area (Å²) >= 11 is 0. The molecule has 3 rings (SSSR count). The van der Waals surface area contributed by atoms with Crippen molar-refractivity contribution in [3.63, 3.8) is 0 Å². The van der Waals surface area contributed by atoms with Gasteiger partial charge in [0.2, 0.25) is 0 Å². The number of piperidine rings is 1. The molecule has 1 atom stereocenters. The molecule has 0 saturated carbocycles. The minimum absolute atomic E-state index is 0.0793. The fourth-order valence-electron chi connectivity index (χ4n) is 3.91. The molecule has 0 radical (unpaired) electrons. The Kier molecular flexibility index (Phi) is 6.45. The lowest BCUT2D eigenvalue weighted by Crippen LogP contribution is -2.50. The topological polar surface area (TPSA) is 44.8 Å². The summed E-state index contributed by atoms with van der Waals surface area (Å²) in [7, 11) is 0. The van der Waals surface area contributed by atoms with Crippen molar-refractivity contribution in [1.82, 2.24) is 15.1 Å². The van der Waals surface area contributed by atoms with Crippen LogP contribution in [0.25, 0.3) is 0 Å². The number of morpholine rings is 1. The Morgan fingerprint density at radius 2 is 1.80 bits per heavy atom. The van der Waals surface area contributed by atoms with E-state index in [0.717, 1.165) is 82.0 Å². The van der Waals surface area contributed by atoms with Crippen molar-refractivity contribution in [2.24, 2.45) is 0 Å². The highest BCUT2D eigenvalue weighted by Crippen LogP contribution is 2.15. The van der Waals surface area contributed by atoms with Crippen LogP contribution >= 0.6 is 0 Å². The summed E-state index contributed by atoms with van der Waals surface area (Å²) in [6.45, 7) is 12.1. The number of rotatable bonds is 5. The van der Waals surface area contributed by atoms with Gasteiger partial charge >= 0.3 is 0 Å². The Hall–Kier alpha value is -1.43. The van der Waals surface area contributed by atoms with E-state index in [1.54, 1.807) is 0 Å². The van der Waals surface area contributed by atoms with Gasteiger partial charge in [0.25, 0.3) is 5.91 Å². The zero-order valence-corrected chi connectivity index (χ0v) is 15.6. The molecular formula is C20H31N3O2. The van der Waals surface area contributed by atoms with E-state index in [-0.39, 0.29) is 11.9 Å². The molecule has 2 fully saturated rings. The molecule has 2 heterocycles. The van der Waals surface area contributed by atoms with Crippen molar-refractivity contribution >= 4 is 5.91 Å². The maximum Gasteiger partial charge on any atom is 0.252 e. The van der Waals surface area contributed by atoms with Crippen LogP contribution in [0.4, 0.5) is 0 Å². The number of nitrogens with one attached hydrogen (secondary N) is 1. The van der Waals surface area contributed by atoms with Crippen LogP contribution in [0.15, 0.2) is 18.2 Å². The molecule has 0 aromatic heterocycles. The summed E-state index contributed by atoms with van der Waals surface area (Å²) in [6, 6.07) is 6.29. The molecule has 1 amide bonds. The van der Waals surface area contributed by atoms with E-state index in [1.807, 2.05) is 32.0 Å². The standard InChI is InChI=1S/C20H31N3O2/c1-16-5-3-6-17(2)19(16)20(24)21-18-7-4-8-23(15-18)10-9-22-11-13-25-14-12-22/h3,5-6,18H,4,7-15H2,1-2H3,(H,21,24). The monoisotopic (exact) mass is 345 g/mol. The first-order chi connectivity index (χ1) is 12.1. The van der Waals surface area contributed by atoms with Crippen molar-refractivity contribution < 1.29 is 9.53 Å². The number of ether oxygens (including phenoxy) is 1. The van der Waals surface area contributed by atoms with Crippen molar-refractivity contribution in [3.05, 3.63) is 34.9 Å². The van der Waals surface area contributed by atoms with Gasteiger partial charge in [-0.2, -0.15) is 0 Å². The van der Waals surface area contributed by atoms with Gasteiger partial charge in [0.15, 0.2) is 0 Å². The fourth-order valence-corrected chi connectivity index (χ4v) is 3.91. The van der Waals surface area contributed by atoms with Gasteiger partial charge in [-0.3, -0.25) is 9.69 Å². The quantitative estimate of drug-likeness (QED) is 0.884. The highest BCUT2D eigenvalue weighted by atomic mass is 16.5.